The van der Waals surface area contributed by atoms with Crippen LogP contribution in [0.5, 0.6) is 11.5 Å². The molecule has 1 aliphatic rings. The number of aromatic nitrogens is 3. The van der Waals surface area contributed by atoms with Crippen LogP contribution < -0.4 is 15.6 Å². The fraction of sp³-hybridized carbons (Fsp3) is 0.381. The maximum Gasteiger partial charge on any atom is 0.295 e. The summed E-state index contributed by atoms with van der Waals surface area (Å²) in [6, 6.07) is 4.36. The summed E-state index contributed by atoms with van der Waals surface area (Å²) in [7, 11) is 0. The average Bonchev–Trinajstić information content (AvgIpc) is 2.74. The van der Waals surface area contributed by atoms with Crippen molar-refractivity contribution in [3.8, 4) is 11.5 Å². The molecule has 8 nitrogen and oxygen atoms in total. The Balaban J connectivity index is 1.73. The van der Waals surface area contributed by atoms with Crippen LogP contribution in [0.25, 0.3) is 11.0 Å². The van der Waals surface area contributed by atoms with E-state index in [1.807, 2.05) is 0 Å². The van der Waals surface area contributed by atoms with Gasteiger partial charge < -0.3 is 19.9 Å². The van der Waals surface area contributed by atoms with Gasteiger partial charge in [-0.05, 0) is 38.0 Å². The molecule has 0 amide bonds. The predicted octanol–water partition coefficient (Wildman–Crippen LogP) is 2.83. The molecule has 1 aromatic carbocycles. The van der Waals surface area contributed by atoms with Crippen LogP contribution in [0.4, 0.5) is 14.7 Å². The number of pyridine rings is 1. The molecule has 31 heavy (non-hydrogen) atoms. The van der Waals surface area contributed by atoms with E-state index in [2.05, 4.69) is 15.3 Å². The number of aliphatic hydroxyl groups is 1. The Kier molecular flexibility index (Phi) is 6.10. The summed E-state index contributed by atoms with van der Waals surface area (Å²) in [6.45, 7) is 2.79. The summed E-state index contributed by atoms with van der Waals surface area (Å²) in [4.78, 5) is 21.8. The number of nitrogens with zero attached hydrogens (tertiary/aromatic N) is 3. The van der Waals surface area contributed by atoms with Crippen molar-refractivity contribution in [2.45, 2.75) is 38.5 Å². The number of nitrogens with one attached hydrogen (secondary N) is 1. The first kappa shape index (κ1) is 21.1. The number of hydrogen-bond acceptors (Lipinski definition) is 7. The Hall–Kier alpha value is -3.11. The van der Waals surface area contributed by atoms with Crippen LogP contribution in [0.3, 0.4) is 0 Å². The zero-order chi connectivity index (χ0) is 22.0. The number of rotatable bonds is 6. The average molecular weight is 432 g/mol. The zero-order valence-corrected chi connectivity index (χ0v) is 16.8. The molecule has 0 radical (unpaired) electrons. The summed E-state index contributed by atoms with van der Waals surface area (Å²) < 4.78 is 39.2. The summed E-state index contributed by atoms with van der Waals surface area (Å²) in [5, 5.41) is 13.6. The molecule has 1 fully saturated rings. The molecule has 0 saturated carbocycles. The van der Waals surface area contributed by atoms with E-state index < -0.39 is 23.3 Å². The molecular weight excluding hydrogens is 410 g/mol. The van der Waals surface area contributed by atoms with Gasteiger partial charge in [0.15, 0.2) is 17.3 Å². The maximum atomic E-state index is 14.0. The molecule has 4 rings (SSSR count). The predicted molar refractivity (Wildman–Crippen MR) is 109 cm³/mol. The summed E-state index contributed by atoms with van der Waals surface area (Å²) in [6.07, 6.45) is 2.31. The first-order chi connectivity index (χ1) is 14.9. The Labute approximate surface area is 176 Å². The summed E-state index contributed by atoms with van der Waals surface area (Å²) in [5.41, 5.74) is -0.296. The van der Waals surface area contributed by atoms with E-state index in [0.29, 0.717) is 36.3 Å². The van der Waals surface area contributed by atoms with Crippen molar-refractivity contribution in [3.05, 3.63) is 52.5 Å². The molecule has 2 aromatic heterocycles. The minimum atomic E-state index is -0.936. The highest BCUT2D eigenvalue weighted by molar-refractivity contribution is 5.77. The van der Waals surface area contributed by atoms with Crippen LogP contribution in [0, 0.1) is 11.6 Å². The first-order valence-electron chi connectivity index (χ1n) is 9.96. The van der Waals surface area contributed by atoms with Crippen LogP contribution in [-0.4, -0.2) is 45.0 Å². The van der Waals surface area contributed by atoms with Crippen molar-refractivity contribution >= 4 is 17.0 Å². The lowest BCUT2D eigenvalue weighted by atomic mass is 10.1. The molecule has 3 heterocycles. The van der Waals surface area contributed by atoms with E-state index in [9.17, 15) is 18.7 Å². The lowest BCUT2D eigenvalue weighted by Gasteiger charge is -2.23. The standard InChI is InChI=1S/C21H22F2N4O4/c1-12(28)11-27-19-13(10-24-21(26-19)25-15-4-6-30-7-5-15)8-18(20(27)29)31-17-3-2-14(22)9-16(17)23/h2-3,8-10,12,15,28H,4-7,11H2,1H3,(H,24,25,26). The molecule has 0 aliphatic carbocycles. The molecule has 0 bridgehead atoms. The minimum Gasteiger partial charge on any atom is -0.448 e. The minimum absolute atomic E-state index is 0.0494. The lowest BCUT2D eigenvalue weighted by molar-refractivity contribution is 0.0903. The number of fused-ring (bicyclic) bond motifs is 1. The van der Waals surface area contributed by atoms with Gasteiger partial charge in [0.25, 0.3) is 5.56 Å². The first-order valence-corrected chi connectivity index (χ1v) is 9.96. The van der Waals surface area contributed by atoms with Gasteiger partial charge in [0, 0.05) is 36.9 Å². The smallest absolute Gasteiger partial charge is 0.295 e. The van der Waals surface area contributed by atoms with Gasteiger partial charge in [0.1, 0.15) is 11.5 Å². The molecule has 1 atom stereocenters. The lowest BCUT2D eigenvalue weighted by Crippen LogP contribution is -2.29. The second-order valence-corrected chi connectivity index (χ2v) is 7.45. The third-order valence-electron chi connectivity index (χ3n) is 4.91. The van der Waals surface area contributed by atoms with E-state index in [0.717, 1.165) is 25.0 Å². The van der Waals surface area contributed by atoms with Gasteiger partial charge in [0.2, 0.25) is 5.95 Å². The molecule has 1 aliphatic heterocycles. The Morgan fingerprint density at radius 3 is 2.77 bits per heavy atom. The number of anilines is 1. The molecule has 0 spiro atoms. The second-order valence-electron chi connectivity index (χ2n) is 7.45. The van der Waals surface area contributed by atoms with E-state index in [4.69, 9.17) is 9.47 Å². The largest absolute Gasteiger partial charge is 0.448 e. The normalized spacial score (nSPS) is 15.7. The topological polar surface area (TPSA) is 98.5 Å². The van der Waals surface area contributed by atoms with E-state index in [1.54, 1.807) is 0 Å². The molecule has 3 aromatic rings. The number of aliphatic hydroxyl groups excluding tert-OH is 1. The quantitative estimate of drug-likeness (QED) is 0.618. The van der Waals surface area contributed by atoms with Gasteiger partial charge in [-0.2, -0.15) is 4.98 Å². The van der Waals surface area contributed by atoms with Crippen molar-refractivity contribution in [1.82, 2.24) is 14.5 Å². The highest BCUT2D eigenvalue weighted by atomic mass is 19.1. The van der Waals surface area contributed by atoms with Gasteiger partial charge in [-0.15, -0.1) is 0 Å². The van der Waals surface area contributed by atoms with Crippen molar-refractivity contribution in [2.75, 3.05) is 18.5 Å². The van der Waals surface area contributed by atoms with Crippen LogP contribution in [0.2, 0.25) is 0 Å². The van der Waals surface area contributed by atoms with Crippen LogP contribution in [0.15, 0.2) is 35.3 Å². The van der Waals surface area contributed by atoms with Gasteiger partial charge in [-0.1, -0.05) is 0 Å². The number of hydrogen-bond donors (Lipinski definition) is 2. The molecular formula is C21H22F2N4O4. The molecule has 164 valence electrons. The number of benzene rings is 1. The second kappa shape index (κ2) is 8.94. The highest BCUT2D eigenvalue weighted by Gasteiger charge is 2.18. The van der Waals surface area contributed by atoms with Crippen molar-refractivity contribution < 1.29 is 23.4 Å². The van der Waals surface area contributed by atoms with Crippen molar-refractivity contribution in [2.24, 2.45) is 0 Å². The maximum absolute atomic E-state index is 14.0. The SMILES string of the molecule is CC(O)Cn1c(=O)c(Oc2ccc(F)cc2F)cc2cnc(NC3CCOCC3)nc21. The van der Waals surface area contributed by atoms with Crippen molar-refractivity contribution in [1.29, 1.82) is 0 Å². The van der Waals surface area contributed by atoms with Crippen molar-refractivity contribution in [3.63, 3.8) is 0 Å². The Bertz CT molecular complexity index is 1150. The molecule has 10 heteroatoms. The van der Waals surface area contributed by atoms with Gasteiger partial charge in [-0.25, -0.2) is 13.8 Å². The number of halogens is 2. The van der Waals surface area contributed by atoms with E-state index in [-0.39, 0.29) is 24.1 Å². The van der Waals surface area contributed by atoms with Crippen LogP contribution in [-0.2, 0) is 11.3 Å². The monoisotopic (exact) mass is 432 g/mol. The van der Waals surface area contributed by atoms with Crippen LogP contribution in [0.1, 0.15) is 19.8 Å². The summed E-state index contributed by atoms with van der Waals surface area (Å²) in [5.74, 6) is -1.81. The Morgan fingerprint density at radius 1 is 1.29 bits per heavy atom. The van der Waals surface area contributed by atoms with E-state index in [1.165, 1.54) is 23.8 Å². The number of ether oxygens (including phenoxy) is 2. The summed E-state index contributed by atoms with van der Waals surface area (Å²) >= 11 is 0. The Morgan fingerprint density at radius 2 is 2.06 bits per heavy atom. The fourth-order valence-corrected chi connectivity index (χ4v) is 3.41. The van der Waals surface area contributed by atoms with Crippen LogP contribution >= 0.6 is 0 Å². The third-order valence-corrected chi connectivity index (χ3v) is 4.91. The molecule has 1 saturated heterocycles. The third kappa shape index (κ3) is 4.80. The zero-order valence-electron chi connectivity index (χ0n) is 16.8. The van der Waals surface area contributed by atoms with E-state index >= 15 is 0 Å². The van der Waals surface area contributed by atoms with Gasteiger partial charge >= 0.3 is 0 Å². The van der Waals surface area contributed by atoms with Gasteiger partial charge in [-0.3, -0.25) is 9.36 Å². The molecule has 2 N–H and O–H groups in total. The fourth-order valence-electron chi connectivity index (χ4n) is 3.41. The highest BCUT2D eigenvalue weighted by Crippen LogP contribution is 2.25. The molecule has 1 unspecified atom stereocenters. The van der Waals surface area contributed by atoms with Gasteiger partial charge in [0.05, 0.1) is 12.6 Å².